The number of nitrogens with zero attached hydrogens (tertiary/aromatic N) is 4. The second-order valence-corrected chi connectivity index (χ2v) is 6.29. The maximum Gasteiger partial charge on any atom is 0.433 e. The fourth-order valence-corrected chi connectivity index (χ4v) is 2.80. The van der Waals surface area contributed by atoms with E-state index in [-0.39, 0.29) is 5.76 Å². The van der Waals surface area contributed by atoms with Crippen molar-refractivity contribution in [2.45, 2.75) is 0 Å². The maximum absolute atomic E-state index is 12.3. The number of furan rings is 1. The highest BCUT2D eigenvalue weighted by Crippen LogP contribution is 2.27. The number of aromatic nitrogens is 2. The summed E-state index contributed by atoms with van der Waals surface area (Å²) in [4.78, 5) is 22.3. The van der Waals surface area contributed by atoms with Crippen molar-refractivity contribution >= 4 is 23.8 Å². The van der Waals surface area contributed by atoms with Crippen LogP contribution in [0.4, 0.5) is 16.4 Å². The van der Waals surface area contributed by atoms with Crippen LogP contribution < -0.4 is 10.7 Å². The zero-order valence-electron chi connectivity index (χ0n) is 16.0. The molecule has 0 aliphatic rings. The average molecular weight is 416 g/mol. The highest BCUT2D eigenvalue weighted by Gasteiger charge is 2.15. The van der Waals surface area contributed by atoms with Crippen LogP contribution in [-0.4, -0.2) is 26.9 Å². The number of hydrazone groups is 1. The van der Waals surface area contributed by atoms with Crippen LogP contribution in [0.2, 0.25) is 0 Å². The van der Waals surface area contributed by atoms with Gasteiger partial charge < -0.3 is 9.73 Å². The molecule has 2 amide bonds. The molecule has 2 aromatic carbocycles. The number of nitro groups is 1. The summed E-state index contributed by atoms with van der Waals surface area (Å²) in [6.45, 7) is 0. The highest BCUT2D eigenvalue weighted by molar-refractivity contribution is 5.94. The lowest BCUT2D eigenvalue weighted by Crippen LogP contribution is -2.24. The molecule has 0 radical (unpaired) electrons. The summed E-state index contributed by atoms with van der Waals surface area (Å²) >= 11 is 0. The van der Waals surface area contributed by atoms with Gasteiger partial charge >= 0.3 is 11.9 Å². The summed E-state index contributed by atoms with van der Waals surface area (Å²) in [5.41, 5.74) is 5.04. The number of rotatable bonds is 6. The van der Waals surface area contributed by atoms with Crippen molar-refractivity contribution in [1.82, 2.24) is 15.2 Å². The molecule has 10 heteroatoms. The second kappa shape index (κ2) is 8.74. The summed E-state index contributed by atoms with van der Waals surface area (Å²) in [5.74, 6) is -0.277. The largest absolute Gasteiger partial charge is 0.433 e. The van der Waals surface area contributed by atoms with Crippen LogP contribution in [0, 0.1) is 10.1 Å². The van der Waals surface area contributed by atoms with E-state index in [9.17, 15) is 14.9 Å². The smallest absolute Gasteiger partial charge is 0.400 e. The molecular weight excluding hydrogens is 400 g/mol. The van der Waals surface area contributed by atoms with E-state index in [1.807, 2.05) is 60.7 Å². The molecule has 0 fully saturated rings. The summed E-state index contributed by atoms with van der Waals surface area (Å²) in [6, 6.07) is 20.9. The van der Waals surface area contributed by atoms with Crippen LogP contribution >= 0.6 is 0 Å². The van der Waals surface area contributed by atoms with Crippen LogP contribution in [0.25, 0.3) is 16.9 Å². The lowest BCUT2D eigenvalue weighted by Gasteiger charge is -2.04. The molecule has 4 aromatic rings. The number of benzene rings is 2. The van der Waals surface area contributed by atoms with E-state index < -0.39 is 16.8 Å². The Bertz CT molecular complexity index is 1230. The predicted octanol–water partition coefficient (Wildman–Crippen LogP) is 4.20. The van der Waals surface area contributed by atoms with Gasteiger partial charge in [-0.15, -0.1) is 0 Å². The molecule has 0 aliphatic carbocycles. The minimum atomic E-state index is -0.660. The molecule has 2 N–H and O–H groups in total. The first kappa shape index (κ1) is 19.6. The number of nitrogens with one attached hydrogen (secondary N) is 2. The standard InChI is InChI=1S/C21H16N6O4/c28-21(24-22-13-17-11-12-19(31-17)27(29)30)23-18-14-26(16-9-5-2-6-10-16)25-20(18)15-7-3-1-4-8-15/h1-14H,(H2,23,24,28)/b22-13+. The molecule has 0 bridgehead atoms. The van der Waals surface area contributed by atoms with E-state index in [1.54, 1.807) is 10.9 Å². The Morgan fingerprint density at radius 1 is 1.06 bits per heavy atom. The van der Waals surface area contributed by atoms with Gasteiger partial charge in [0, 0.05) is 5.56 Å². The molecule has 2 heterocycles. The highest BCUT2D eigenvalue weighted by atomic mass is 16.6. The third-order valence-corrected chi connectivity index (χ3v) is 4.18. The average Bonchev–Trinajstić information content (AvgIpc) is 3.43. The Balaban J connectivity index is 1.52. The van der Waals surface area contributed by atoms with Gasteiger partial charge in [0.15, 0.2) is 5.76 Å². The first-order valence-electron chi connectivity index (χ1n) is 9.15. The zero-order chi connectivity index (χ0) is 21.6. The van der Waals surface area contributed by atoms with E-state index in [0.717, 1.165) is 17.5 Å². The Morgan fingerprint density at radius 3 is 2.45 bits per heavy atom. The van der Waals surface area contributed by atoms with E-state index in [2.05, 4.69) is 20.9 Å². The van der Waals surface area contributed by atoms with Gasteiger partial charge in [-0.2, -0.15) is 10.2 Å². The van der Waals surface area contributed by atoms with Crippen LogP contribution in [0.5, 0.6) is 0 Å². The molecule has 31 heavy (non-hydrogen) atoms. The molecule has 0 saturated carbocycles. The van der Waals surface area contributed by atoms with Gasteiger partial charge in [0.05, 0.1) is 29.9 Å². The topological polar surface area (TPSA) is 128 Å². The molecule has 154 valence electrons. The number of hydrogen-bond acceptors (Lipinski definition) is 6. The quantitative estimate of drug-likeness (QED) is 0.277. The van der Waals surface area contributed by atoms with Crippen molar-refractivity contribution in [2.24, 2.45) is 5.10 Å². The molecular formula is C21H16N6O4. The Kier molecular flexibility index (Phi) is 5.52. The number of anilines is 1. The summed E-state index contributed by atoms with van der Waals surface area (Å²) in [5, 5.41) is 21.7. The number of hydrogen-bond donors (Lipinski definition) is 2. The second-order valence-electron chi connectivity index (χ2n) is 6.29. The van der Waals surface area contributed by atoms with Crippen molar-refractivity contribution in [2.75, 3.05) is 5.32 Å². The van der Waals surface area contributed by atoms with Gasteiger partial charge in [0.25, 0.3) is 0 Å². The third-order valence-electron chi connectivity index (χ3n) is 4.18. The Hall–Kier alpha value is -4.73. The monoisotopic (exact) mass is 416 g/mol. The van der Waals surface area contributed by atoms with Crippen LogP contribution in [-0.2, 0) is 0 Å². The molecule has 0 unspecified atom stereocenters. The third kappa shape index (κ3) is 4.65. The van der Waals surface area contributed by atoms with E-state index in [0.29, 0.717) is 11.4 Å². The number of amides is 2. The minimum Gasteiger partial charge on any atom is -0.400 e. The molecule has 10 nitrogen and oxygen atoms in total. The van der Waals surface area contributed by atoms with Crippen molar-refractivity contribution < 1.29 is 14.1 Å². The molecule has 4 rings (SSSR count). The van der Waals surface area contributed by atoms with Gasteiger partial charge in [-0.25, -0.2) is 14.9 Å². The number of carbonyl (C=O) groups is 1. The van der Waals surface area contributed by atoms with Crippen molar-refractivity contribution in [3.05, 3.63) is 94.9 Å². The van der Waals surface area contributed by atoms with Gasteiger partial charge in [0.1, 0.15) is 10.6 Å². The van der Waals surface area contributed by atoms with Crippen LogP contribution in [0.3, 0.4) is 0 Å². The first-order valence-corrected chi connectivity index (χ1v) is 9.15. The summed E-state index contributed by atoms with van der Waals surface area (Å²) < 4.78 is 6.61. The number of carbonyl (C=O) groups excluding carboxylic acids is 1. The fraction of sp³-hybridized carbons (Fsp3) is 0. The van der Waals surface area contributed by atoms with Gasteiger partial charge in [-0.1, -0.05) is 48.5 Å². The first-order chi connectivity index (χ1) is 15.1. The number of urea groups is 1. The molecule has 0 atom stereocenters. The van der Waals surface area contributed by atoms with Crippen molar-refractivity contribution in [3.63, 3.8) is 0 Å². The zero-order valence-corrected chi connectivity index (χ0v) is 16.0. The molecule has 0 saturated heterocycles. The lowest BCUT2D eigenvalue weighted by molar-refractivity contribution is -0.402. The summed E-state index contributed by atoms with van der Waals surface area (Å²) in [7, 11) is 0. The number of para-hydroxylation sites is 1. The van der Waals surface area contributed by atoms with E-state index in [1.165, 1.54) is 12.1 Å². The van der Waals surface area contributed by atoms with Gasteiger partial charge in [0.2, 0.25) is 0 Å². The van der Waals surface area contributed by atoms with Gasteiger partial charge in [-0.3, -0.25) is 10.1 Å². The molecule has 0 spiro atoms. The molecule has 2 aromatic heterocycles. The van der Waals surface area contributed by atoms with E-state index in [4.69, 9.17) is 4.42 Å². The van der Waals surface area contributed by atoms with E-state index >= 15 is 0 Å². The van der Waals surface area contributed by atoms with Crippen molar-refractivity contribution in [1.29, 1.82) is 0 Å². The Labute approximate surface area is 176 Å². The maximum atomic E-state index is 12.3. The van der Waals surface area contributed by atoms with Crippen molar-refractivity contribution in [3.8, 4) is 16.9 Å². The minimum absolute atomic E-state index is 0.133. The lowest BCUT2D eigenvalue weighted by atomic mass is 10.1. The normalized spacial score (nSPS) is 10.8. The SMILES string of the molecule is O=C(N/N=C/c1ccc([N+](=O)[O-])o1)Nc1cn(-c2ccccc2)nc1-c1ccccc1. The van der Waals surface area contributed by atoms with Crippen LogP contribution in [0.15, 0.2) is 88.5 Å². The molecule has 0 aliphatic heterocycles. The fourth-order valence-electron chi connectivity index (χ4n) is 2.80. The predicted molar refractivity (Wildman–Crippen MR) is 114 cm³/mol. The van der Waals surface area contributed by atoms with Crippen LogP contribution in [0.1, 0.15) is 5.76 Å². The summed E-state index contributed by atoms with van der Waals surface area (Å²) in [6.07, 6.45) is 2.87. The Morgan fingerprint density at radius 2 is 1.77 bits per heavy atom. The van der Waals surface area contributed by atoms with Gasteiger partial charge in [-0.05, 0) is 18.2 Å².